The normalized spacial score (nSPS) is 11.0. The molecule has 3 rings (SSSR count). The Balaban J connectivity index is 1.79. The number of hydrogen-bond acceptors (Lipinski definition) is 3. The van der Waals surface area contributed by atoms with Crippen LogP contribution in [0.5, 0.6) is 0 Å². The topological polar surface area (TPSA) is 38.3 Å². The fourth-order valence-corrected chi connectivity index (χ4v) is 3.86. The molecule has 1 amide bonds. The second kappa shape index (κ2) is 7.72. The third-order valence-corrected chi connectivity index (χ3v) is 5.09. The molecular formula is C19H17F2NO2S. The summed E-state index contributed by atoms with van der Waals surface area (Å²) in [6.45, 7) is 0.444. The van der Waals surface area contributed by atoms with E-state index in [0.29, 0.717) is 39.1 Å². The first-order chi connectivity index (χ1) is 12.1. The van der Waals surface area contributed by atoms with Gasteiger partial charge in [0.25, 0.3) is 5.91 Å². The zero-order valence-electron chi connectivity index (χ0n) is 13.6. The van der Waals surface area contributed by atoms with Crippen LogP contribution in [0.4, 0.5) is 8.78 Å². The molecule has 0 saturated carbocycles. The van der Waals surface area contributed by atoms with Crippen molar-refractivity contribution in [3.63, 3.8) is 0 Å². The SMILES string of the molecule is COCc1c(C(=O)NCCc2ccccc2F)sc2cccc(F)c12. The first-order valence-corrected chi connectivity index (χ1v) is 8.64. The zero-order valence-corrected chi connectivity index (χ0v) is 14.5. The minimum Gasteiger partial charge on any atom is -0.380 e. The number of fused-ring (bicyclic) bond motifs is 1. The van der Waals surface area contributed by atoms with Crippen molar-refractivity contribution in [1.29, 1.82) is 0 Å². The van der Waals surface area contributed by atoms with Crippen molar-refractivity contribution in [3.05, 3.63) is 70.1 Å². The largest absolute Gasteiger partial charge is 0.380 e. The van der Waals surface area contributed by atoms with E-state index in [4.69, 9.17) is 4.74 Å². The molecule has 6 heteroatoms. The van der Waals surface area contributed by atoms with Gasteiger partial charge in [0.15, 0.2) is 0 Å². The molecule has 1 N–H and O–H groups in total. The summed E-state index contributed by atoms with van der Waals surface area (Å²) < 4.78 is 33.6. The summed E-state index contributed by atoms with van der Waals surface area (Å²) >= 11 is 1.23. The molecule has 1 heterocycles. The summed E-state index contributed by atoms with van der Waals surface area (Å²) in [7, 11) is 1.50. The van der Waals surface area contributed by atoms with Crippen LogP contribution in [0.25, 0.3) is 10.1 Å². The number of halogens is 2. The van der Waals surface area contributed by atoms with E-state index in [0.717, 1.165) is 0 Å². The molecule has 1 aromatic heterocycles. The minimum absolute atomic E-state index is 0.150. The molecule has 3 nitrogen and oxygen atoms in total. The number of hydrogen-bond donors (Lipinski definition) is 1. The van der Waals surface area contributed by atoms with Crippen LogP contribution in [0.15, 0.2) is 42.5 Å². The number of amides is 1. The monoisotopic (exact) mass is 361 g/mol. The van der Waals surface area contributed by atoms with E-state index in [-0.39, 0.29) is 24.1 Å². The standard InChI is InChI=1S/C19H17F2NO2S/c1-24-11-13-17-15(21)7-4-8-16(17)25-18(13)19(23)22-10-9-12-5-2-3-6-14(12)20/h2-8H,9-11H2,1H3,(H,22,23). The van der Waals surface area contributed by atoms with Crippen molar-refractivity contribution in [2.45, 2.75) is 13.0 Å². The number of nitrogens with one attached hydrogen (secondary N) is 1. The van der Waals surface area contributed by atoms with Crippen molar-refractivity contribution >= 4 is 27.3 Å². The lowest BCUT2D eigenvalue weighted by Gasteiger charge is -2.07. The highest BCUT2D eigenvalue weighted by atomic mass is 32.1. The Morgan fingerprint density at radius 1 is 1.12 bits per heavy atom. The maximum atomic E-state index is 14.1. The average molecular weight is 361 g/mol. The Morgan fingerprint density at radius 2 is 1.88 bits per heavy atom. The summed E-state index contributed by atoms with van der Waals surface area (Å²) in [6.07, 6.45) is 0.386. The summed E-state index contributed by atoms with van der Waals surface area (Å²) in [6, 6.07) is 11.2. The molecule has 0 aliphatic heterocycles. The Morgan fingerprint density at radius 3 is 2.64 bits per heavy atom. The van der Waals surface area contributed by atoms with Gasteiger partial charge in [-0.25, -0.2) is 8.78 Å². The summed E-state index contributed by atoms with van der Waals surface area (Å²) in [5, 5.41) is 3.21. The summed E-state index contributed by atoms with van der Waals surface area (Å²) in [5.74, 6) is -0.962. The quantitative estimate of drug-likeness (QED) is 0.711. The first-order valence-electron chi connectivity index (χ1n) is 7.82. The zero-order chi connectivity index (χ0) is 17.8. The van der Waals surface area contributed by atoms with E-state index >= 15 is 0 Å². The maximum Gasteiger partial charge on any atom is 0.261 e. The van der Waals surface area contributed by atoms with Crippen LogP contribution in [-0.2, 0) is 17.8 Å². The maximum absolute atomic E-state index is 14.1. The summed E-state index contributed by atoms with van der Waals surface area (Å²) in [4.78, 5) is 13.0. The number of ether oxygens (including phenoxy) is 1. The number of rotatable bonds is 6. The van der Waals surface area contributed by atoms with Crippen molar-refractivity contribution in [2.75, 3.05) is 13.7 Å². The Labute approximate surface area is 148 Å². The molecule has 2 aromatic carbocycles. The van der Waals surface area contributed by atoms with E-state index in [1.54, 1.807) is 30.3 Å². The predicted octanol–water partition coefficient (Wildman–Crippen LogP) is 4.30. The second-order valence-corrected chi connectivity index (χ2v) is 6.61. The van der Waals surface area contributed by atoms with Crippen molar-refractivity contribution in [1.82, 2.24) is 5.32 Å². The van der Waals surface area contributed by atoms with Gasteiger partial charge in [0, 0.05) is 29.3 Å². The highest BCUT2D eigenvalue weighted by Gasteiger charge is 2.20. The molecule has 0 bridgehead atoms. The van der Waals surface area contributed by atoms with Gasteiger partial charge in [-0.3, -0.25) is 4.79 Å². The average Bonchev–Trinajstić information content (AvgIpc) is 2.97. The number of carbonyl (C=O) groups excluding carboxylic acids is 1. The molecule has 3 aromatic rings. The van der Waals surface area contributed by atoms with E-state index in [1.165, 1.54) is 30.6 Å². The molecule has 25 heavy (non-hydrogen) atoms. The number of thiophene rings is 1. The van der Waals surface area contributed by atoms with E-state index in [9.17, 15) is 13.6 Å². The Kier molecular flexibility index (Phi) is 5.40. The van der Waals surface area contributed by atoms with Crippen LogP contribution in [0.2, 0.25) is 0 Å². The van der Waals surface area contributed by atoms with Gasteiger partial charge in [0.1, 0.15) is 11.6 Å². The lowest BCUT2D eigenvalue weighted by Crippen LogP contribution is -2.26. The van der Waals surface area contributed by atoms with Crippen molar-refractivity contribution in [2.24, 2.45) is 0 Å². The molecule has 0 fully saturated rings. The van der Waals surface area contributed by atoms with Crippen LogP contribution >= 0.6 is 11.3 Å². The van der Waals surface area contributed by atoms with Gasteiger partial charge in [-0.2, -0.15) is 0 Å². The fourth-order valence-electron chi connectivity index (χ4n) is 2.72. The second-order valence-electron chi connectivity index (χ2n) is 5.55. The van der Waals surface area contributed by atoms with E-state index in [1.807, 2.05) is 0 Å². The fraction of sp³-hybridized carbons (Fsp3) is 0.211. The lowest BCUT2D eigenvalue weighted by molar-refractivity contribution is 0.0954. The number of benzene rings is 2. The first kappa shape index (κ1) is 17.5. The molecule has 0 saturated heterocycles. The van der Waals surface area contributed by atoms with Gasteiger partial charge in [0.2, 0.25) is 0 Å². The molecule has 0 unspecified atom stereocenters. The van der Waals surface area contributed by atoms with Gasteiger partial charge in [0.05, 0.1) is 11.5 Å². The Hall–Kier alpha value is -2.31. The summed E-state index contributed by atoms with van der Waals surface area (Å²) in [5.41, 5.74) is 1.09. The van der Waals surface area contributed by atoms with E-state index in [2.05, 4.69) is 5.32 Å². The minimum atomic E-state index is -0.369. The third-order valence-electron chi connectivity index (χ3n) is 3.90. The van der Waals surface area contributed by atoms with Gasteiger partial charge >= 0.3 is 0 Å². The number of carbonyl (C=O) groups is 1. The lowest BCUT2D eigenvalue weighted by atomic mass is 10.1. The van der Waals surface area contributed by atoms with Crippen molar-refractivity contribution < 1.29 is 18.3 Å². The van der Waals surface area contributed by atoms with Gasteiger partial charge in [-0.1, -0.05) is 24.3 Å². The predicted molar refractivity (Wildman–Crippen MR) is 94.9 cm³/mol. The highest BCUT2D eigenvalue weighted by Crippen LogP contribution is 2.33. The molecule has 130 valence electrons. The van der Waals surface area contributed by atoms with Crippen molar-refractivity contribution in [3.8, 4) is 0 Å². The Bertz CT molecular complexity index is 908. The molecule has 0 aliphatic carbocycles. The smallest absolute Gasteiger partial charge is 0.261 e. The van der Waals surface area contributed by atoms with Crippen LogP contribution < -0.4 is 5.32 Å². The van der Waals surface area contributed by atoms with E-state index < -0.39 is 0 Å². The van der Waals surface area contributed by atoms with Gasteiger partial charge < -0.3 is 10.1 Å². The van der Waals surface area contributed by atoms with Crippen LogP contribution in [0.3, 0.4) is 0 Å². The molecule has 0 aliphatic rings. The van der Waals surface area contributed by atoms with Gasteiger partial charge in [-0.05, 0) is 30.2 Å². The van der Waals surface area contributed by atoms with Crippen LogP contribution in [0.1, 0.15) is 20.8 Å². The molecular weight excluding hydrogens is 344 g/mol. The van der Waals surface area contributed by atoms with Crippen LogP contribution in [0, 0.1) is 11.6 Å². The number of methoxy groups -OCH3 is 1. The molecule has 0 spiro atoms. The van der Waals surface area contributed by atoms with Gasteiger partial charge in [-0.15, -0.1) is 11.3 Å². The molecule has 0 atom stereocenters. The van der Waals surface area contributed by atoms with Crippen LogP contribution in [-0.4, -0.2) is 19.6 Å². The highest BCUT2D eigenvalue weighted by molar-refractivity contribution is 7.21. The third kappa shape index (κ3) is 3.70. The molecule has 0 radical (unpaired) electrons.